The summed E-state index contributed by atoms with van der Waals surface area (Å²) >= 11 is 0. The van der Waals surface area contributed by atoms with Crippen LogP contribution in [0.1, 0.15) is 26.7 Å². The molecule has 5 nitrogen and oxygen atoms in total. The van der Waals surface area contributed by atoms with Crippen LogP contribution in [0.2, 0.25) is 0 Å². The number of carbonyl (C=O) groups excluding carboxylic acids is 2. The van der Waals surface area contributed by atoms with E-state index in [9.17, 15) is 9.59 Å². The number of nitrogens with zero attached hydrogens (tertiary/aromatic N) is 1. The highest BCUT2D eigenvalue weighted by Gasteiger charge is 2.20. The second-order valence-electron chi connectivity index (χ2n) is 4.13. The molecular formula is C11H20N2O3. The first kappa shape index (κ1) is 12.8. The van der Waals surface area contributed by atoms with Crippen molar-refractivity contribution in [2.24, 2.45) is 5.92 Å². The van der Waals surface area contributed by atoms with Crippen molar-refractivity contribution in [2.45, 2.75) is 26.7 Å². The molecule has 0 aromatic carbocycles. The number of hydrogen-bond donors (Lipinski definition) is 1. The number of esters is 1. The predicted octanol–water partition coefficient (Wildman–Crippen LogP) is 0.991. The van der Waals surface area contributed by atoms with E-state index in [4.69, 9.17) is 4.74 Å². The number of hydrogen-bond acceptors (Lipinski definition) is 3. The Balaban J connectivity index is 2.22. The van der Waals surface area contributed by atoms with E-state index >= 15 is 0 Å². The lowest BCUT2D eigenvalue weighted by molar-refractivity contribution is -0.141. The Morgan fingerprint density at radius 3 is 2.56 bits per heavy atom. The fourth-order valence-electron chi connectivity index (χ4n) is 1.68. The van der Waals surface area contributed by atoms with E-state index in [0.717, 1.165) is 25.9 Å². The van der Waals surface area contributed by atoms with Gasteiger partial charge in [-0.25, -0.2) is 4.79 Å². The zero-order valence-corrected chi connectivity index (χ0v) is 9.99. The van der Waals surface area contributed by atoms with Crippen LogP contribution in [-0.2, 0) is 9.53 Å². The molecule has 1 N–H and O–H groups in total. The highest BCUT2D eigenvalue weighted by molar-refractivity contribution is 5.80. The molecule has 5 heteroatoms. The van der Waals surface area contributed by atoms with E-state index < -0.39 is 0 Å². The summed E-state index contributed by atoms with van der Waals surface area (Å²) in [6.07, 6.45) is 2.07. The molecule has 1 saturated heterocycles. The molecule has 1 aliphatic rings. The maximum atomic E-state index is 11.6. The summed E-state index contributed by atoms with van der Waals surface area (Å²) in [6.45, 7) is 5.78. The van der Waals surface area contributed by atoms with Crippen molar-refractivity contribution in [2.75, 3.05) is 26.2 Å². The minimum absolute atomic E-state index is 0.0429. The lowest BCUT2D eigenvalue weighted by atomic mass is 10.00. The monoisotopic (exact) mass is 228 g/mol. The molecule has 0 aromatic rings. The maximum absolute atomic E-state index is 11.6. The van der Waals surface area contributed by atoms with Crippen molar-refractivity contribution in [3.05, 3.63) is 0 Å². The molecule has 0 spiro atoms. The molecule has 2 amide bonds. The summed E-state index contributed by atoms with van der Waals surface area (Å²) in [4.78, 5) is 24.4. The molecule has 0 unspecified atom stereocenters. The Hall–Kier alpha value is -1.26. The van der Waals surface area contributed by atoms with Gasteiger partial charge in [-0.1, -0.05) is 6.92 Å². The van der Waals surface area contributed by atoms with Crippen molar-refractivity contribution in [1.82, 2.24) is 10.2 Å². The van der Waals surface area contributed by atoms with Crippen molar-refractivity contribution in [3.8, 4) is 0 Å². The molecular weight excluding hydrogens is 208 g/mol. The van der Waals surface area contributed by atoms with Gasteiger partial charge >= 0.3 is 12.0 Å². The van der Waals surface area contributed by atoms with Gasteiger partial charge in [0.2, 0.25) is 0 Å². The molecule has 0 saturated carbocycles. The SMILES string of the molecule is CCOC(=O)CNC(=O)N1CCC(C)CC1. The number of amides is 2. The molecule has 0 radical (unpaired) electrons. The number of carbonyl (C=O) groups is 2. The van der Waals surface area contributed by atoms with E-state index in [1.165, 1.54) is 0 Å². The van der Waals surface area contributed by atoms with Gasteiger partial charge in [-0.05, 0) is 25.7 Å². The second-order valence-corrected chi connectivity index (χ2v) is 4.13. The van der Waals surface area contributed by atoms with Crippen molar-refractivity contribution in [3.63, 3.8) is 0 Å². The lowest BCUT2D eigenvalue weighted by Gasteiger charge is -2.30. The van der Waals surface area contributed by atoms with Gasteiger partial charge in [0.25, 0.3) is 0 Å². The van der Waals surface area contributed by atoms with E-state index in [-0.39, 0.29) is 18.5 Å². The van der Waals surface area contributed by atoms with Crippen LogP contribution in [-0.4, -0.2) is 43.1 Å². The minimum atomic E-state index is -0.388. The molecule has 92 valence electrons. The summed E-state index contributed by atoms with van der Waals surface area (Å²) < 4.78 is 4.72. The molecule has 1 aliphatic heterocycles. The number of rotatable bonds is 3. The highest BCUT2D eigenvalue weighted by Crippen LogP contribution is 2.15. The van der Waals surface area contributed by atoms with Crippen LogP contribution in [0.4, 0.5) is 4.79 Å². The molecule has 16 heavy (non-hydrogen) atoms. The van der Waals surface area contributed by atoms with E-state index in [0.29, 0.717) is 12.5 Å². The molecule has 0 aromatic heterocycles. The fraction of sp³-hybridized carbons (Fsp3) is 0.818. The van der Waals surface area contributed by atoms with Gasteiger partial charge in [0.05, 0.1) is 6.61 Å². The van der Waals surface area contributed by atoms with Gasteiger partial charge in [-0.3, -0.25) is 4.79 Å². The van der Waals surface area contributed by atoms with E-state index in [1.54, 1.807) is 11.8 Å². The van der Waals surface area contributed by atoms with Crippen LogP contribution in [0.3, 0.4) is 0 Å². The summed E-state index contributed by atoms with van der Waals surface area (Å²) in [5.74, 6) is 0.301. The normalized spacial score (nSPS) is 17.0. The Morgan fingerprint density at radius 1 is 1.38 bits per heavy atom. The average molecular weight is 228 g/mol. The van der Waals surface area contributed by atoms with Crippen LogP contribution in [0.5, 0.6) is 0 Å². The van der Waals surface area contributed by atoms with Crippen LogP contribution >= 0.6 is 0 Å². The number of likely N-dealkylation sites (tertiary alicyclic amines) is 1. The van der Waals surface area contributed by atoms with Gasteiger partial charge in [0.15, 0.2) is 0 Å². The lowest BCUT2D eigenvalue weighted by Crippen LogP contribution is -2.45. The zero-order valence-electron chi connectivity index (χ0n) is 9.99. The highest BCUT2D eigenvalue weighted by atomic mass is 16.5. The fourth-order valence-corrected chi connectivity index (χ4v) is 1.68. The van der Waals surface area contributed by atoms with E-state index in [1.807, 2.05) is 0 Å². The molecule has 0 aliphatic carbocycles. The van der Waals surface area contributed by atoms with Crippen molar-refractivity contribution < 1.29 is 14.3 Å². The van der Waals surface area contributed by atoms with Crippen molar-refractivity contribution >= 4 is 12.0 Å². The van der Waals surface area contributed by atoms with Crippen LogP contribution in [0, 0.1) is 5.92 Å². The number of nitrogens with one attached hydrogen (secondary N) is 1. The van der Waals surface area contributed by atoms with Gasteiger partial charge in [0, 0.05) is 13.1 Å². The van der Waals surface area contributed by atoms with Crippen molar-refractivity contribution in [1.29, 1.82) is 0 Å². The second kappa shape index (κ2) is 6.35. The first-order chi connectivity index (χ1) is 7.63. The maximum Gasteiger partial charge on any atom is 0.325 e. The predicted molar refractivity (Wildman–Crippen MR) is 60.0 cm³/mol. The first-order valence-corrected chi connectivity index (χ1v) is 5.82. The summed E-state index contributed by atoms with van der Waals surface area (Å²) in [7, 11) is 0. The Morgan fingerprint density at radius 2 is 2.00 bits per heavy atom. The first-order valence-electron chi connectivity index (χ1n) is 5.82. The summed E-state index contributed by atoms with van der Waals surface area (Å²) in [5.41, 5.74) is 0. The minimum Gasteiger partial charge on any atom is -0.465 e. The van der Waals surface area contributed by atoms with Gasteiger partial charge in [-0.15, -0.1) is 0 Å². The average Bonchev–Trinajstić information content (AvgIpc) is 2.27. The van der Waals surface area contributed by atoms with Crippen LogP contribution in [0.15, 0.2) is 0 Å². The molecule has 1 fully saturated rings. The Kier molecular flexibility index (Phi) is 5.08. The van der Waals surface area contributed by atoms with Crippen LogP contribution in [0.25, 0.3) is 0 Å². The topological polar surface area (TPSA) is 58.6 Å². The third kappa shape index (κ3) is 4.08. The quantitative estimate of drug-likeness (QED) is 0.733. The van der Waals surface area contributed by atoms with Gasteiger partial charge in [0.1, 0.15) is 6.54 Å². The standard InChI is InChI=1S/C11H20N2O3/c1-3-16-10(14)8-12-11(15)13-6-4-9(2)5-7-13/h9H,3-8H2,1-2H3,(H,12,15). The molecule has 0 atom stereocenters. The third-order valence-electron chi connectivity index (χ3n) is 2.76. The third-order valence-corrected chi connectivity index (χ3v) is 2.76. The molecule has 1 heterocycles. The summed E-state index contributed by atoms with van der Waals surface area (Å²) in [6, 6.07) is -0.167. The van der Waals surface area contributed by atoms with Gasteiger partial charge in [-0.2, -0.15) is 0 Å². The largest absolute Gasteiger partial charge is 0.465 e. The molecule has 0 bridgehead atoms. The summed E-state index contributed by atoms with van der Waals surface area (Å²) in [5, 5.41) is 2.56. The Bertz CT molecular complexity index is 248. The van der Waals surface area contributed by atoms with Crippen LogP contribution < -0.4 is 5.32 Å². The molecule has 1 rings (SSSR count). The van der Waals surface area contributed by atoms with Gasteiger partial charge < -0.3 is 15.0 Å². The number of urea groups is 1. The van der Waals surface area contributed by atoms with E-state index in [2.05, 4.69) is 12.2 Å². The zero-order chi connectivity index (χ0) is 12.0. The Labute approximate surface area is 96.1 Å². The number of piperidine rings is 1. The number of ether oxygens (including phenoxy) is 1. The smallest absolute Gasteiger partial charge is 0.325 e.